The molecule has 0 heterocycles. The Morgan fingerprint density at radius 1 is 1.00 bits per heavy atom. The minimum absolute atomic E-state index is 0.159. The highest BCUT2D eigenvalue weighted by molar-refractivity contribution is 5.70. The average Bonchev–Trinajstić information content (AvgIpc) is 2.74. The Kier molecular flexibility index (Phi) is 7.36. The van der Waals surface area contributed by atoms with Crippen molar-refractivity contribution in [3.63, 3.8) is 0 Å². The molecule has 0 atom stereocenters. The molecule has 0 saturated carbocycles. The molecule has 0 aromatic heterocycles. The number of allylic oxidation sites excluding steroid dienone is 1. The SMILES string of the molecule is Cc1c(CCC(=O)O)ccc(OCC2=C(c3ccc(C(C)C)cc3)CCCC2)c1C. The summed E-state index contributed by atoms with van der Waals surface area (Å²) in [6.45, 7) is 9.20. The summed E-state index contributed by atoms with van der Waals surface area (Å²) in [4.78, 5) is 10.9. The molecule has 3 rings (SSSR count). The van der Waals surface area contributed by atoms with Gasteiger partial charge in [-0.3, -0.25) is 4.79 Å². The molecule has 2 aromatic rings. The number of ether oxygens (including phenoxy) is 1. The zero-order valence-electron chi connectivity index (χ0n) is 18.8. The Balaban J connectivity index is 1.77. The van der Waals surface area contributed by atoms with Gasteiger partial charge in [-0.2, -0.15) is 0 Å². The van der Waals surface area contributed by atoms with Crippen LogP contribution in [0, 0.1) is 13.8 Å². The molecule has 0 saturated heterocycles. The third-order valence-electron chi connectivity index (χ3n) is 6.37. The highest BCUT2D eigenvalue weighted by Crippen LogP contribution is 2.34. The van der Waals surface area contributed by atoms with Crippen LogP contribution in [-0.4, -0.2) is 17.7 Å². The van der Waals surface area contributed by atoms with E-state index in [1.807, 2.05) is 12.1 Å². The molecular weight excluding hydrogens is 372 g/mol. The van der Waals surface area contributed by atoms with Crippen LogP contribution >= 0.6 is 0 Å². The van der Waals surface area contributed by atoms with E-state index in [4.69, 9.17) is 9.84 Å². The third kappa shape index (κ3) is 5.33. The lowest BCUT2D eigenvalue weighted by Crippen LogP contribution is -2.09. The van der Waals surface area contributed by atoms with Crippen molar-refractivity contribution in [2.24, 2.45) is 0 Å². The number of hydrogen-bond acceptors (Lipinski definition) is 2. The third-order valence-corrected chi connectivity index (χ3v) is 6.37. The quantitative estimate of drug-likeness (QED) is 0.521. The second-order valence-electron chi connectivity index (χ2n) is 8.72. The molecule has 2 aromatic carbocycles. The van der Waals surface area contributed by atoms with Crippen molar-refractivity contribution in [3.05, 3.63) is 69.8 Å². The largest absolute Gasteiger partial charge is 0.489 e. The van der Waals surface area contributed by atoms with Gasteiger partial charge in [0, 0.05) is 6.42 Å². The van der Waals surface area contributed by atoms with Gasteiger partial charge in [-0.15, -0.1) is 0 Å². The van der Waals surface area contributed by atoms with Gasteiger partial charge in [0.2, 0.25) is 0 Å². The van der Waals surface area contributed by atoms with Crippen molar-refractivity contribution in [3.8, 4) is 5.75 Å². The van der Waals surface area contributed by atoms with Gasteiger partial charge in [-0.05, 0) is 96.9 Å². The molecule has 0 amide bonds. The zero-order chi connectivity index (χ0) is 21.7. The van der Waals surface area contributed by atoms with Crippen molar-refractivity contribution in [1.82, 2.24) is 0 Å². The van der Waals surface area contributed by atoms with Gasteiger partial charge in [0.1, 0.15) is 12.4 Å². The molecule has 0 radical (unpaired) electrons. The minimum atomic E-state index is -0.759. The number of rotatable bonds is 8. The van der Waals surface area contributed by atoms with Crippen LogP contribution in [0.3, 0.4) is 0 Å². The lowest BCUT2D eigenvalue weighted by Gasteiger charge is -2.22. The van der Waals surface area contributed by atoms with Crippen LogP contribution < -0.4 is 4.74 Å². The summed E-state index contributed by atoms with van der Waals surface area (Å²) in [5.41, 5.74) is 8.89. The van der Waals surface area contributed by atoms with E-state index in [1.54, 1.807) is 0 Å². The zero-order valence-corrected chi connectivity index (χ0v) is 18.8. The number of aryl methyl sites for hydroxylation is 1. The van der Waals surface area contributed by atoms with Crippen LogP contribution in [0.15, 0.2) is 42.0 Å². The second-order valence-corrected chi connectivity index (χ2v) is 8.72. The highest BCUT2D eigenvalue weighted by Gasteiger charge is 2.16. The molecule has 0 aliphatic heterocycles. The highest BCUT2D eigenvalue weighted by atomic mass is 16.5. The van der Waals surface area contributed by atoms with Crippen molar-refractivity contribution in [2.75, 3.05) is 6.61 Å². The molecule has 3 heteroatoms. The maximum atomic E-state index is 10.9. The van der Waals surface area contributed by atoms with Gasteiger partial charge in [-0.1, -0.05) is 44.2 Å². The number of aliphatic carboxylic acids is 1. The van der Waals surface area contributed by atoms with Gasteiger partial charge >= 0.3 is 5.97 Å². The van der Waals surface area contributed by atoms with E-state index in [0.717, 1.165) is 35.3 Å². The van der Waals surface area contributed by atoms with Crippen LogP contribution in [-0.2, 0) is 11.2 Å². The maximum absolute atomic E-state index is 10.9. The molecule has 0 unspecified atom stereocenters. The van der Waals surface area contributed by atoms with Gasteiger partial charge < -0.3 is 9.84 Å². The first-order chi connectivity index (χ1) is 14.4. The van der Waals surface area contributed by atoms with Crippen LogP contribution in [0.1, 0.15) is 79.7 Å². The summed E-state index contributed by atoms with van der Waals surface area (Å²) in [6.07, 6.45) is 5.39. The number of benzene rings is 2. The number of carboxylic acid groups (broad SMARTS) is 1. The molecule has 0 bridgehead atoms. The van der Waals surface area contributed by atoms with Crippen molar-refractivity contribution < 1.29 is 14.6 Å². The summed E-state index contributed by atoms with van der Waals surface area (Å²) in [5, 5.41) is 8.95. The van der Waals surface area contributed by atoms with Crippen LogP contribution in [0.2, 0.25) is 0 Å². The van der Waals surface area contributed by atoms with E-state index in [2.05, 4.69) is 52.0 Å². The predicted molar refractivity (Wildman–Crippen MR) is 123 cm³/mol. The Bertz CT molecular complexity index is 920. The lowest BCUT2D eigenvalue weighted by molar-refractivity contribution is -0.136. The topological polar surface area (TPSA) is 46.5 Å². The monoisotopic (exact) mass is 406 g/mol. The summed E-state index contributed by atoms with van der Waals surface area (Å²) in [7, 11) is 0. The molecule has 1 N–H and O–H groups in total. The number of carboxylic acids is 1. The summed E-state index contributed by atoms with van der Waals surface area (Å²) < 4.78 is 6.28. The molecule has 0 spiro atoms. The number of carbonyl (C=O) groups is 1. The van der Waals surface area contributed by atoms with Gasteiger partial charge in [0.25, 0.3) is 0 Å². The Morgan fingerprint density at radius 3 is 2.37 bits per heavy atom. The van der Waals surface area contributed by atoms with Crippen molar-refractivity contribution in [2.45, 2.75) is 72.1 Å². The Labute approximate surface area is 180 Å². The Morgan fingerprint density at radius 2 is 1.70 bits per heavy atom. The molecule has 0 fully saturated rings. The second kappa shape index (κ2) is 9.97. The normalized spacial score (nSPS) is 14.3. The average molecular weight is 407 g/mol. The summed E-state index contributed by atoms with van der Waals surface area (Å²) >= 11 is 0. The molecule has 1 aliphatic rings. The summed E-state index contributed by atoms with van der Waals surface area (Å²) in [6, 6.07) is 13.1. The standard InChI is InChI=1S/C27H34O3/c1-18(2)21-9-11-23(12-10-21)25-8-6-5-7-24(25)17-30-26-15-13-22(14-16-27(28)29)19(3)20(26)4/h9-13,15,18H,5-8,14,16-17H2,1-4H3,(H,28,29). The van der Waals surface area contributed by atoms with Crippen LogP contribution in [0.4, 0.5) is 0 Å². The molecular formula is C27H34O3. The fraction of sp³-hybridized carbons (Fsp3) is 0.444. The van der Waals surface area contributed by atoms with E-state index in [0.29, 0.717) is 18.9 Å². The number of hydrogen-bond donors (Lipinski definition) is 1. The molecule has 3 nitrogen and oxygen atoms in total. The first-order valence-electron chi connectivity index (χ1n) is 11.1. The molecule has 1 aliphatic carbocycles. The first-order valence-corrected chi connectivity index (χ1v) is 11.1. The van der Waals surface area contributed by atoms with Crippen molar-refractivity contribution >= 4 is 11.5 Å². The fourth-order valence-electron chi connectivity index (χ4n) is 4.23. The maximum Gasteiger partial charge on any atom is 0.303 e. The molecule has 30 heavy (non-hydrogen) atoms. The van der Waals surface area contributed by atoms with Crippen molar-refractivity contribution in [1.29, 1.82) is 0 Å². The van der Waals surface area contributed by atoms with Crippen LogP contribution in [0.5, 0.6) is 5.75 Å². The van der Waals surface area contributed by atoms with E-state index in [9.17, 15) is 4.79 Å². The summed E-state index contributed by atoms with van der Waals surface area (Å²) in [5.74, 6) is 0.691. The Hall–Kier alpha value is -2.55. The van der Waals surface area contributed by atoms with E-state index in [1.165, 1.54) is 35.1 Å². The van der Waals surface area contributed by atoms with Gasteiger partial charge in [0.15, 0.2) is 0 Å². The van der Waals surface area contributed by atoms with Gasteiger partial charge in [-0.25, -0.2) is 0 Å². The van der Waals surface area contributed by atoms with E-state index >= 15 is 0 Å². The van der Waals surface area contributed by atoms with E-state index < -0.39 is 5.97 Å². The fourth-order valence-corrected chi connectivity index (χ4v) is 4.23. The van der Waals surface area contributed by atoms with E-state index in [-0.39, 0.29) is 6.42 Å². The lowest BCUT2D eigenvalue weighted by atomic mass is 9.87. The minimum Gasteiger partial charge on any atom is -0.489 e. The first kappa shape index (κ1) is 22.1. The smallest absolute Gasteiger partial charge is 0.303 e. The molecule has 160 valence electrons. The van der Waals surface area contributed by atoms with Gasteiger partial charge in [0.05, 0.1) is 0 Å². The van der Waals surface area contributed by atoms with Crippen LogP contribution in [0.25, 0.3) is 5.57 Å². The predicted octanol–water partition coefficient (Wildman–Crippen LogP) is 6.85.